The molecule has 0 radical (unpaired) electrons. The van der Waals surface area contributed by atoms with Crippen LogP contribution >= 0.6 is 11.6 Å². The summed E-state index contributed by atoms with van der Waals surface area (Å²) in [6, 6.07) is 6.76. The molecule has 0 amide bonds. The van der Waals surface area contributed by atoms with Gasteiger partial charge in [-0.1, -0.05) is 11.6 Å². The van der Waals surface area contributed by atoms with Crippen LogP contribution in [0.15, 0.2) is 42.7 Å². The van der Waals surface area contributed by atoms with Gasteiger partial charge < -0.3 is 15.6 Å². The van der Waals surface area contributed by atoms with Gasteiger partial charge in [-0.2, -0.15) is 15.0 Å². The minimum absolute atomic E-state index is 0.00978. The van der Waals surface area contributed by atoms with E-state index in [2.05, 4.69) is 15.2 Å². The third-order valence-electron chi connectivity index (χ3n) is 3.51. The molecule has 0 aliphatic rings. The number of benzene rings is 1. The number of hydrogen-bond acceptors (Lipinski definition) is 6. The average molecular weight is 392 g/mol. The fraction of sp³-hybridized carbons (Fsp3) is 0.176. The van der Waals surface area contributed by atoms with Gasteiger partial charge in [0, 0.05) is 30.8 Å². The number of halogens is 2. The molecule has 3 N–H and O–H groups in total. The number of ether oxygens (including phenoxy) is 1. The summed E-state index contributed by atoms with van der Waals surface area (Å²) in [7, 11) is 0. The van der Waals surface area contributed by atoms with Crippen molar-refractivity contribution in [2.24, 2.45) is 5.73 Å². The molecule has 140 valence electrons. The quantitative estimate of drug-likeness (QED) is 0.635. The number of nitrogens with zero attached hydrogens (tertiary/aromatic N) is 4. The maximum absolute atomic E-state index is 14.3. The van der Waals surface area contributed by atoms with E-state index in [0.29, 0.717) is 16.4 Å². The second-order valence-corrected chi connectivity index (χ2v) is 6.16. The highest BCUT2D eigenvalue weighted by atomic mass is 35.5. The summed E-state index contributed by atoms with van der Waals surface area (Å²) in [6.45, 7) is 0. The maximum Gasteiger partial charge on any atom is 0.304 e. The Morgan fingerprint density at radius 1 is 1.33 bits per heavy atom. The molecule has 0 spiro atoms. The molecule has 0 saturated heterocycles. The molecule has 1 atom stereocenters. The number of rotatable bonds is 7. The number of carboxylic acids is 1. The van der Waals surface area contributed by atoms with Crippen molar-refractivity contribution in [2.75, 3.05) is 0 Å². The van der Waals surface area contributed by atoms with Gasteiger partial charge in [0.15, 0.2) is 11.6 Å². The van der Waals surface area contributed by atoms with Gasteiger partial charge in [0.05, 0.1) is 29.0 Å². The number of aliphatic carboxylic acids is 1. The van der Waals surface area contributed by atoms with Crippen LogP contribution in [0.25, 0.3) is 5.69 Å². The molecule has 1 unspecified atom stereocenters. The average Bonchev–Trinajstić information content (AvgIpc) is 3.06. The largest absolute Gasteiger partial charge is 0.481 e. The van der Waals surface area contributed by atoms with Crippen molar-refractivity contribution < 1.29 is 19.0 Å². The molecule has 0 aliphatic carbocycles. The minimum Gasteiger partial charge on any atom is -0.481 e. The van der Waals surface area contributed by atoms with Crippen LogP contribution < -0.4 is 10.5 Å². The molecule has 2 heterocycles. The fourth-order valence-electron chi connectivity index (χ4n) is 2.31. The lowest BCUT2D eigenvalue weighted by molar-refractivity contribution is -0.137. The summed E-state index contributed by atoms with van der Waals surface area (Å²) in [6.07, 6.45) is 2.93. The highest BCUT2D eigenvalue weighted by Gasteiger charge is 2.13. The van der Waals surface area contributed by atoms with E-state index in [1.54, 1.807) is 12.1 Å². The molecule has 1 aromatic carbocycles. The van der Waals surface area contributed by atoms with Gasteiger partial charge in [-0.15, -0.1) is 0 Å². The van der Waals surface area contributed by atoms with E-state index in [4.69, 9.17) is 27.2 Å². The Kier molecular flexibility index (Phi) is 5.63. The van der Waals surface area contributed by atoms with Gasteiger partial charge in [0.25, 0.3) is 0 Å². The summed E-state index contributed by atoms with van der Waals surface area (Å²) >= 11 is 5.75. The molecule has 10 heteroatoms. The molecule has 0 bridgehead atoms. The number of hydrogen-bond donors (Lipinski definition) is 2. The van der Waals surface area contributed by atoms with Crippen LogP contribution in [0.1, 0.15) is 12.1 Å². The van der Waals surface area contributed by atoms with E-state index in [1.807, 2.05) is 0 Å². The summed E-state index contributed by atoms with van der Waals surface area (Å²) < 4.78 is 19.7. The number of carbonyl (C=O) groups is 1. The van der Waals surface area contributed by atoms with E-state index in [0.717, 1.165) is 0 Å². The van der Waals surface area contributed by atoms with E-state index >= 15 is 0 Å². The fourth-order valence-corrected chi connectivity index (χ4v) is 2.42. The first-order chi connectivity index (χ1) is 12.9. The van der Waals surface area contributed by atoms with Crippen molar-refractivity contribution in [2.45, 2.75) is 18.9 Å². The van der Waals surface area contributed by atoms with Crippen molar-refractivity contribution >= 4 is 17.6 Å². The standard InChI is InChI=1S/C17H15ClFN5O3/c18-10-1-4-16(21-8-10)27-15-3-2-13(7-14(15)19)24-22-9-12(23-24)5-11(20)6-17(25)26/h1-4,7-9,11H,5-6,20H2,(H,25,26). The Labute approximate surface area is 158 Å². The molecule has 0 fully saturated rings. The van der Waals surface area contributed by atoms with Gasteiger partial charge in [0.2, 0.25) is 5.88 Å². The first-order valence-electron chi connectivity index (χ1n) is 7.88. The number of aromatic nitrogens is 4. The normalized spacial score (nSPS) is 12.0. The smallest absolute Gasteiger partial charge is 0.304 e. The predicted molar refractivity (Wildman–Crippen MR) is 94.6 cm³/mol. The SMILES string of the molecule is NC(CC(=O)O)Cc1cnn(-c2ccc(Oc3ccc(Cl)cn3)c(F)c2)n1. The topological polar surface area (TPSA) is 116 Å². The van der Waals surface area contributed by atoms with E-state index in [1.165, 1.54) is 35.4 Å². The molecular formula is C17H15ClFN5O3. The lowest BCUT2D eigenvalue weighted by atomic mass is 10.1. The third-order valence-corrected chi connectivity index (χ3v) is 3.73. The maximum atomic E-state index is 14.3. The molecular weight excluding hydrogens is 377 g/mol. The zero-order valence-corrected chi connectivity index (χ0v) is 14.7. The van der Waals surface area contributed by atoms with Crippen LogP contribution in [0.3, 0.4) is 0 Å². The van der Waals surface area contributed by atoms with E-state index < -0.39 is 17.8 Å². The molecule has 3 aromatic rings. The van der Waals surface area contributed by atoms with Crippen LogP contribution in [-0.4, -0.2) is 37.1 Å². The van der Waals surface area contributed by atoms with E-state index in [9.17, 15) is 9.18 Å². The van der Waals surface area contributed by atoms with Crippen LogP contribution in [0, 0.1) is 5.82 Å². The van der Waals surface area contributed by atoms with Crippen molar-refractivity contribution in [3.05, 3.63) is 59.3 Å². The van der Waals surface area contributed by atoms with E-state index in [-0.39, 0.29) is 24.5 Å². The second-order valence-electron chi connectivity index (χ2n) is 5.72. The second kappa shape index (κ2) is 8.11. The van der Waals surface area contributed by atoms with Gasteiger partial charge in [-0.3, -0.25) is 4.79 Å². The molecule has 3 rings (SSSR count). The van der Waals surface area contributed by atoms with Crippen LogP contribution in [0.2, 0.25) is 5.02 Å². The van der Waals surface area contributed by atoms with Crippen LogP contribution in [-0.2, 0) is 11.2 Å². The summed E-state index contributed by atoms with van der Waals surface area (Å²) in [5.41, 5.74) is 6.62. The molecule has 0 saturated carbocycles. The molecule has 2 aromatic heterocycles. The van der Waals surface area contributed by atoms with Crippen molar-refractivity contribution in [1.29, 1.82) is 0 Å². The minimum atomic E-state index is -0.984. The lowest BCUT2D eigenvalue weighted by Crippen LogP contribution is -2.26. The third kappa shape index (κ3) is 4.99. The first-order valence-corrected chi connectivity index (χ1v) is 8.26. The monoisotopic (exact) mass is 391 g/mol. The van der Waals surface area contributed by atoms with Crippen LogP contribution in [0.4, 0.5) is 4.39 Å². The Bertz CT molecular complexity index is 948. The van der Waals surface area contributed by atoms with Crippen molar-refractivity contribution in [1.82, 2.24) is 20.0 Å². The Balaban J connectivity index is 1.72. The van der Waals surface area contributed by atoms with Gasteiger partial charge in [-0.05, 0) is 18.2 Å². The Hall–Kier alpha value is -3.04. The molecule has 0 aliphatic heterocycles. The highest BCUT2D eigenvalue weighted by molar-refractivity contribution is 6.30. The first kappa shape index (κ1) is 18.7. The number of carboxylic acid groups (broad SMARTS) is 1. The summed E-state index contributed by atoms with van der Waals surface area (Å²) in [5.74, 6) is -1.41. The zero-order valence-electron chi connectivity index (χ0n) is 13.9. The van der Waals surface area contributed by atoms with Gasteiger partial charge in [-0.25, -0.2) is 9.37 Å². The Morgan fingerprint density at radius 3 is 2.81 bits per heavy atom. The summed E-state index contributed by atoms with van der Waals surface area (Å²) in [4.78, 5) is 15.8. The van der Waals surface area contributed by atoms with Crippen molar-refractivity contribution in [3.63, 3.8) is 0 Å². The Morgan fingerprint density at radius 2 is 2.15 bits per heavy atom. The number of nitrogens with two attached hydrogens (primary N) is 1. The highest BCUT2D eigenvalue weighted by Crippen LogP contribution is 2.25. The summed E-state index contributed by atoms with van der Waals surface area (Å²) in [5, 5.41) is 17.4. The van der Waals surface area contributed by atoms with Crippen LogP contribution in [0.5, 0.6) is 11.6 Å². The van der Waals surface area contributed by atoms with Gasteiger partial charge >= 0.3 is 5.97 Å². The van der Waals surface area contributed by atoms with Crippen molar-refractivity contribution in [3.8, 4) is 17.3 Å². The zero-order chi connectivity index (χ0) is 19.4. The number of pyridine rings is 1. The lowest BCUT2D eigenvalue weighted by Gasteiger charge is -2.07. The van der Waals surface area contributed by atoms with Gasteiger partial charge in [0.1, 0.15) is 0 Å². The predicted octanol–water partition coefficient (Wildman–Crippen LogP) is 2.59. The molecule has 27 heavy (non-hydrogen) atoms. The molecule has 8 nitrogen and oxygen atoms in total.